The van der Waals surface area contributed by atoms with Crippen LogP contribution in [0.4, 0.5) is 13.2 Å². The highest BCUT2D eigenvalue weighted by molar-refractivity contribution is 5.85. The van der Waals surface area contributed by atoms with Crippen molar-refractivity contribution >= 4 is 18.3 Å². The summed E-state index contributed by atoms with van der Waals surface area (Å²) in [6.07, 6.45) is -4.37. The summed E-state index contributed by atoms with van der Waals surface area (Å²) < 4.78 is 41.6. The zero-order chi connectivity index (χ0) is 17.1. The molecule has 1 amide bonds. The van der Waals surface area contributed by atoms with Gasteiger partial charge in [-0.3, -0.25) is 4.79 Å². The molecule has 0 aliphatic rings. The summed E-state index contributed by atoms with van der Waals surface area (Å²) in [7, 11) is 1.63. The van der Waals surface area contributed by atoms with Crippen LogP contribution in [0.25, 0.3) is 0 Å². The number of nitrogens with two attached hydrogens (primary N) is 1. The Morgan fingerprint density at radius 1 is 1.30 bits per heavy atom. The van der Waals surface area contributed by atoms with Crippen LogP contribution < -0.4 is 10.5 Å². The van der Waals surface area contributed by atoms with Crippen molar-refractivity contribution in [3.8, 4) is 5.75 Å². The average Bonchev–Trinajstić information content (AvgIpc) is 2.35. The SMILES string of the molecule is Cc1cc(CN(C)C(=O)[C@H](C)N)cc(C)c1OCC(F)(F)F.Cl. The highest BCUT2D eigenvalue weighted by Crippen LogP contribution is 2.27. The Labute approximate surface area is 140 Å². The molecule has 0 aliphatic carbocycles. The van der Waals surface area contributed by atoms with Crippen LogP contribution in [0.2, 0.25) is 0 Å². The van der Waals surface area contributed by atoms with Crippen LogP contribution in [0.5, 0.6) is 5.75 Å². The van der Waals surface area contributed by atoms with Crippen molar-refractivity contribution < 1.29 is 22.7 Å². The van der Waals surface area contributed by atoms with Crippen molar-refractivity contribution in [3.63, 3.8) is 0 Å². The third-order valence-corrected chi connectivity index (χ3v) is 3.09. The first-order valence-corrected chi connectivity index (χ1v) is 6.81. The molecule has 132 valence electrons. The van der Waals surface area contributed by atoms with Crippen LogP contribution >= 0.6 is 12.4 Å². The van der Waals surface area contributed by atoms with Gasteiger partial charge in [0.25, 0.3) is 0 Å². The summed E-state index contributed by atoms with van der Waals surface area (Å²) in [5, 5.41) is 0. The standard InChI is InChI=1S/C15H21F3N2O2.ClH/c1-9-5-12(7-20(4)14(21)11(3)19)6-10(2)13(9)22-8-15(16,17)18;/h5-6,11H,7-8,19H2,1-4H3;1H/t11-;/m0./s1. The monoisotopic (exact) mass is 354 g/mol. The third-order valence-electron chi connectivity index (χ3n) is 3.09. The number of ether oxygens (including phenoxy) is 1. The van der Waals surface area contributed by atoms with Crippen LogP contribution in [-0.2, 0) is 11.3 Å². The van der Waals surface area contributed by atoms with E-state index in [1.54, 1.807) is 40.0 Å². The first-order valence-electron chi connectivity index (χ1n) is 6.81. The fraction of sp³-hybridized carbons (Fsp3) is 0.533. The third kappa shape index (κ3) is 6.66. The molecule has 4 nitrogen and oxygen atoms in total. The fourth-order valence-corrected chi connectivity index (χ4v) is 2.21. The molecule has 1 rings (SSSR count). The number of rotatable bonds is 5. The number of aryl methyl sites for hydroxylation is 2. The van der Waals surface area contributed by atoms with Crippen LogP contribution in [0.1, 0.15) is 23.6 Å². The van der Waals surface area contributed by atoms with Gasteiger partial charge >= 0.3 is 6.18 Å². The molecular weight excluding hydrogens is 333 g/mol. The van der Waals surface area contributed by atoms with Crippen LogP contribution in [0.3, 0.4) is 0 Å². The quantitative estimate of drug-likeness (QED) is 0.884. The second kappa shape index (κ2) is 8.40. The molecule has 0 saturated heterocycles. The van der Waals surface area contributed by atoms with Crippen LogP contribution in [0, 0.1) is 13.8 Å². The second-order valence-corrected chi connectivity index (χ2v) is 5.45. The molecule has 1 aromatic carbocycles. The number of nitrogens with zero attached hydrogens (tertiary/aromatic N) is 1. The van der Waals surface area contributed by atoms with Crippen molar-refractivity contribution in [1.29, 1.82) is 0 Å². The van der Waals surface area contributed by atoms with E-state index in [1.165, 1.54) is 4.90 Å². The molecule has 2 N–H and O–H groups in total. The molecule has 0 aromatic heterocycles. The maximum Gasteiger partial charge on any atom is 0.422 e. The predicted molar refractivity (Wildman–Crippen MR) is 84.8 cm³/mol. The molecule has 1 aromatic rings. The van der Waals surface area contributed by atoms with E-state index in [9.17, 15) is 18.0 Å². The molecule has 0 bridgehead atoms. The lowest BCUT2D eigenvalue weighted by molar-refractivity contribution is -0.153. The minimum Gasteiger partial charge on any atom is -0.484 e. The van der Waals surface area contributed by atoms with E-state index in [0.717, 1.165) is 5.56 Å². The van der Waals surface area contributed by atoms with Crippen molar-refractivity contribution in [3.05, 3.63) is 28.8 Å². The number of hydrogen-bond acceptors (Lipinski definition) is 3. The lowest BCUT2D eigenvalue weighted by atomic mass is 10.1. The zero-order valence-electron chi connectivity index (χ0n) is 13.5. The molecule has 0 saturated carbocycles. The minimum atomic E-state index is -4.37. The highest BCUT2D eigenvalue weighted by atomic mass is 35.5. The summed E-state index contributed by atoms with van der Waals surface area (Å²) in [6, 6.07) is 2.83. The van der Waals surface area contributed by atoms with Gasteiger partial charge in [-0.15, -0.1) is 12.4 Å². The van der Waals surface area contributed by atoms with Gasteiger partial charge in [0.05, 0.1) is 6.04 Å². The Morgan fingerprint density at radius 3 is 2.17 bits per heavy atom. The van der Waals surface area contributed by atoms with E-state index in [2.05, 4.69) is 0 Å². The Balaban J connectivity index is 0.00000484. The van der Waals surface area contributed by atoms with Crippen LogP contribution in [-0.4, -0.2) is 36.7 Å². The van der Waals surface area contributed by atoms with Crippen molar-refractivity contribution in [2.75, 3.05) is 13.7 Å². The van der Waals surface area contributed by atoms with E-state index in [4.69, 9.17) is 10.5 Å². The van der Waals surface area contributed by atoms with Gasteiger partial charge in [0.2, 0.25) is 5.91 Å². The van der Waals surface area contributed by atoms with E-state index in [0.29, 0.717) is 17.7 Å². The molecular formula is C15H22ClF3N2O2. The molecule has 1 atom stereocenters. The molecule has 23 heavy (non-hydrogen) atoms. The Bertz CT molecular complexity index is 525. The first-order chi connectivity index (χ1) is 10.0. The van der Waals surface area contributed by atoms with Gasteiger partial charge in [0.15, 0.2) is 6.61 Å². The van der Waals surface area contributed by atoms with Gasteiger partial charge in [0.1, 0.15) is 5.75 Å². The van der Waals surface area contributed by atoms with Gasteiger partial charge in [0, 0.05) is 13.6 Å². The lowest BCUT2D eigenvalue weighted by Gasteiger charge is -2.21. The minimum absolute atomic E-state index is 0. The maximum atomic E-state index is 12.2. The number of halogens is 4. The molecule has 0 aliphatic heterocycles. The second-order valence-electron chi connectivity index (χ2n) is 5.45. The number of carbonyl (C=O) groups is 1. The van der Waals surface area contributed by atoms with E-state index < -0.39 is 18.8 Å². The molecule has 8 heteroatoms. The maximum absolute atomic E-state index is 12.2. The normalized spacial score (nSPS) is 12.3. The van der Waals surface area contributed by atoms with Crippen LogP contribution in [0.15, 0.2) is 12.1 Å². The van der Waals surface area contributed by atoms with Gasteiger partial charge < -0.3 is 15.4 Å². The Hall–Kier alpha value is -1.47. The van der Waals surface area contributed by atoms with Gasteiger partial charge in [-0.2, -0.15) is 13.2 Å². The number of carbonyl (C=O) groups excluding carboxylic acids is 1. The number of alkyl halides is 3. The van der Waals surface area contributed by atoms with Crippen molar-refractivity contribution in [2.45, 2.75) is 39.5 Å². The molecule has 0 spiro atoms. The molecule has 0 radical (unpaired) electrons. The number of benzene rings is 1. The summed E-state index contributed by atoms with van der Waals surface area (Å²) in [5.74, 6) is 0.0231. The summed E-state index contributed by atoms with van der Waals surface area (Å²) in [6.45, 7) is 3.97. The van der Waals surface area contributed by atoms with E-state index in [1.807, 2.05) is 0 Å². The molecule has 0 heterocycles. The highest BCUT2D eigenvalue weighted by Gasteiger charge is 2.29. The number of hydrogen-bond donors (Lipinski definition) is 1. The summed E-state index contributed by atoms with van der Waals surface area (Å²) in [4.78, 5) is 13.2. The summed E-state index contributed by atoms with van der Waals surface area (Å²) >= 11 is 0. The fourth-order valence-electron chi connectivity index (χ4n) is 2.21. The zero-order valence-corrected chi connectivity index (χ0v) is 14.3. The van der Waals surface area contributed by atoms with Crippen molar-refractivity contribution in [1.82, 2.24) is 4.90 Å². The van der Waals surface area contributed by atoms with Gasteiger partial charge in [-0.1, -0.05) is 12.1 Å². The molecule has 0 fully saturated rings. The number of amides is 1. The van der Waals surface area contributed by atoms with Crippen molar-refractivity contribution in [2.24, 2.45) is 5.73 Å². The topological polar surface area (TPSA) is 55.6 Å². The Kier molecular flexibility index (Phi) is 7.86. The largest absolute Gasteiger partial charge is 0.484 e. The van der Waals surface area contributed by atoms with Gasteiger partial charge in [-0.05, 0) is 37.5 Å². The smallest absolute Gasteiger partial charge is 0.422 e. The number of likely N-dealkylation sites (N-methyl/N-ethyl adjacent to an activating group) is 1. The average molecular weight is 355 g/mol. The Morgan fingerprint density at radius 2 is 1.78 bits per heavy atom. The predicted octanol–water partition coefficient (Wildman–Crippen LogP) is 2.97. The first kappa shape index (κ1) is 21.5. The summed E-state index contributed by atoms with van der Waals surface area (Å²) in [5.41, 5.74) is 7.54. The lowest BCUT2D eigenvalue weighted by Crippen LogP contribution is -2.39. The molecule has 0 unspecified atom stereocenters. The van der Waals surface area contributed by atoms with Gasteiger partial charge in [-0.25, -0.2) is 0 Å². The van der Waals surface area contributed by atoms with E-state index in [-0.39, 0.29) is 24.1 Å². The van der Waals surface area contributed by atoms with E-state index >= 15 is 0 Å².